The van der Waals surface area contributed by atoms with Crippen LogP contribution in [0.1, 0.15) is 26.3 Å². The summed E-state index contributed by atoms with van der Waals surface area (Å²) < 4.78 is 38.3. The van der Waals surface area contributed by atoms with E-state index in [1.165, 1.54) is 6.07 Å². The first kappa shape index (κ1) is 19.1. The monoisotopic (exact) mass is 347 g/mol. The van der Waals surface area contributed by atoms with Crippen LogP contribution >= 0.6 is 11.6 Å². The molecule has 8 heteroatoms. The van der Waals surface area contributed by atoms with Crippen molar-refractivity contribution >= 4 is 23.2 Å². The molecule has 1 rings (SSSR count). The molecule has 1 amide bonds. The van der Waals surface area contributed by atoms with Crippen LogP contribution in [0.15, 0.2) is 18.2 Å². The number of hydrogen-bond acceptors (Lipinski definition) is 3. The molecule has 1 atom stereocenters. The van der Waals surface area contributed by atoms with Crippen molar-refractivity contribution in [2.45, 2.75) is 32.5 Å². The molecule has 0 aliphatic rings. The number of nitrogens with one attached hydrogen (secondary N) is 2. The summed E-state index contributed by atoms with van der Waals surface area (Å²) in [6.07, 6.45) is -4.58. The molecule has 2 N–H and O–H groups in total. The average Bonchev–Trinajstić information content (AvgIpc) is 2.44. The number of anilines is 1. The Hall–Kier alpha value is -1.94. The third-order valence-corrected chi connectivity index (χ3v) is 3.84. The average molecular weight is 348 g/mol. The van der Waals surface area contributed by atoms with Gasteiger partial charge in [0.1, 0.15) is 5.54 Å². The molecular weight excluding hydrogens is 331 g/mol. The minimum Gasteiger partial charge on any atom is -0.376 e. The summed E-state index contributed by atoms with van der Waals surface area (Å²) in [5.74, 6) is -0.616. The zero-order chi connectivity index (χ0) is 17.8. The van der Waals surface area contributed by atoms with Gasteiger partial charge in [-0.05, 0) is 31.0 Å². The number of carbonyl (C=O) groups is 1. The van der Waals surface area contributed by atoms with Crippen molar-refractivity contribution in [3.63, 3.8) is 0 Å². The van der Waals surface area contributed by atoms with E-state index in [1.807, 2.05) is 6.07 Å². The second-order valence-electron chi connectivity index (χ2n) is 5.56. The Kier molecular flexibility index (Phi) is 5.89. The summed E-state index contributed by atoms with van der Waals surface area (Å²) in [5.41, 5.74) is -1.91. The number of amides is 1. The van der Waals surface area contributed by atoms with E-state index in [2.05, 4.69) is 10.6 Å². The Balaban J connectivity index is 2.76. The molecule has 0 heterocycles. The van der Waals surface area contributed by atoms with Crippen LogP contribution in [0.2, 0.25) is 5.02 Å². The first-order chi connectivity index (χ1) is 10.5. The number of hydrogen-bond donors (Lipinski definition) is 2. The fourth-order valence-corrected chi connectivity index (χ4v) is 1.89. The van der Waals surface area contributed by atoms with E-state index in [-0.39, 0.29) is 18.2 Å². The Morgan fingerprint density at radius 1 is 1.39 bits per heavy atom. The molecule has 0 fully saturated rings. The van der Waals surface area contributed by atoms with Gasteiger partial charge in [-0.25, -0.2) is 0 Å². The summed E-state index contributed by atoms with van der Waals surface area (Å²) in [5, 5.41) is 13.9. The number of benzene rings is 1. The van der Waals surface area contributed by atoms with Gasteiger partial charge in [0.25, 0.3) is 0 Å². The number of carbonyl (C=O) groups excluding carboxylic acids is 1. The van der Waals surface area contributed by atoms with Crippen molar-refractivity contribution in [1.29, 1.82) is 5.26 Å². The van der Waals surface area contributed by atoms with Crippen LogP contribution in [0.3, 0.4) is 0 Å². The van der Waals surface area contributed by atoms with Gasteiger partial charge in [0.15, 0.2) is 0 Å². The zero-order valence-electron chi connectivity index (χ0n) is 12.9. The predicted molar refractivity (Wildman–Crippen MR) is 81.9 cm³/mol. The van der Waals surface area contributed by atoms with Crippen molar-refractivity contribution in [2.75, 3.05) is 11.9 Å². The van der Waals surface area contributed by atoms with E-state index in [9.17, 15) is 18.0 Å². The molecule has 0 aromatic heterocycles. The minimum absolute atomic E-state index is 0.111. The summed E-state index contributed by atoms with van der Waals surface area (Å²) in [7, 11) is 0. The molecule has 126 valence electrons. The highest BCUT2D eigenvalue weighted by molar-refractivity contribution is 6.31. The highest BCUT2D eigenvalue weighted by Gasteiger charge is 2.33. The lowest BCUT2D eigenvalue weighted by Crippen LogP contribution is -2.50. The third-order valence-electron chi connectivity index (χ3n) is 3.51. The van der Waals surface area contributed by atoms with E-state index < -0.39 is 28.2 Å². The molecule has 1 aromatic carbocycles. The number of nitrogens with zero attached hydrogens (tertiary/aromatic N) is 1. The molecule has 0 aliphatic heterocycles. The molecule has 0 saturated carbocycles. The molecule has 4 nitrogen and oxygen atoms in total. The Labute approximate surface area is 137 Å². The Bertz CT molecular complexity index is 625. The molecule has 0 spiro atoms. The van der Waals surface area contributed by atoms with E-state index in [1.54, 1.807) is 20.8 Å². The first-order valence-corrected chi connectivity index (χ1v) is 7.20. The van der Waals surface area contributed by atoms with Crippen LogP contribution in [-0.4, -0.2) is 18.0 Å². The molecule has 0 saturated heterocycles. The van der Waals surface area contributed by atoms with E-state index in [4.69, 9.17) is 16.9 Å². The fourth-order valence-electron chi connectivity index (χ4n) is 1.67. The lowest BCUT2D eigenvalue weighted by Gasteiger charge is -2.27. The summed E-state index contributed by atoms with van der Waals surface area (Å²) >= 11 is 5.52. The van der Waals surface area contributed by atoms with Gasteiger partial charge in [0, 0.05) is 5.69 Å². The summed E-state index contributed by atoms with van der Waals surface area (Å²) in [4.78, 5) is 11.9. The standard InChI is InChI=1S/C15H17ClF3N3O/c1-9(2)14(3,8-20)22-13(23)7-21-10-4-5-12(16)11(6-10)15(17,18)19/h4-6,9,21H,7H2,1-3H3,(H,22,23)/t14-/m1/s1. The smallest absolute Gasteiger partial charge is 0.376 e. The topological polar surface area (TPSA) is 64.9 Å². The number of halogens is 4. The number of nitriles is 1. The van der Waals surface area contributed by atoms with E-state index in [0.29, 0.717) is 0 Å². The first-order valence-electron chi connectivity index (χ1n) is 6.82. The highest BCUT2D eigenvalue weighted by atomic mass is 35.5. The van der Waals surface area contributed by atoms with Crippen molar-refractivity contribution in [3.8, 4) is 6.07 Å². The second-order valence-corrected chi connectivity index (χ2v) is 5.97. The van der Waals surface area contributed by atoms with Crippen LogP contribution in [-0.2, 0) is 11.0 Å². The molecule has 1 aromatic rings. The SMILES string of the molecule is CC(C)[C@@](C)(C#N)NC(=O)CNc1ccc(Cl)c(C(F)(F)F)c1. The molecule has 0 unspecified atom stereocenters. The van der Waals surface area contributed by atoms with Gasteiger partial charge in [-0.1, -0.05) is 25.4 Å². The Morgan fingerprint density at radius 2 is 2.00 bits per heavy atom. The summed E-state index contributed by atoms with van der Waals surface area (Å²) in [6.45, 7) is 4.89. The maximum atomic E-state index is 12.8. The van der Waals surface area contributed by atoms with Crippen molar-refractivity contribution in [1.82, 2.24) is 5.32 Å². The Morgan fingerprint density at radius 3 is 2.48 bits per heavy atom. The van der Waals surface area contributed by atoms with Crippen LogP contribution < -0.4 is 10.6 Å². The maximum absolute atomic E-state index is 12.8. The number of rotatable bonds is 5. The minimum atomic E-state index is -4.58. The van der Waals surface area contributed by atoms with Crippen LogP contribution in [0, 0.1) is 17.2 Å². The van der Waals surface area contributed by atoms with Crippen molar-refractivity contribution in [3.05, 3.63) is 28.8 Å². The molecule has 23 heavy (non-hydrogen) atoms. The van der Waals surface area contributed by atoms with Gasteiger partial charge in [0.05, 0.1) is 23.2 Å². The third kappa shape index (κ3) is 5.03. The lowest BCUT2D eigenvalue weighted by atomic mass is 9.90. The summed E-state index contributed by atoms with van der Waals surface area (Å²) in [6, 6.07) is 5.31. The zero-order valence-corrected chi connectivity index (χ0v) is 13.6. The molecule has 0 aliphatic carbocycles. The normalized spacial score (nSPS) is 14.0. The molecule has 0 bridgehead atoms. The van der Waals surface area contributed by atoms with Crippen molar-refractivity contribution < 1.29 is 18.0 Å². The fraction of sp³-hybridized carbons (Fsp3) is 0.467. The van der Waals surface area contributed by atoms with Crippen LogP contribution in [0.4, 0.5) is 18.9 Å². The number of alkyl halides is 3. The van der Waals surface area contributed by atoms with Gasteiger partial charge in [0.2, 0.25) is 5.91 Å². The molecular formula is C15H17ClF3N3O. The second kappa shape index (κ2) is 7.09. The highest BCUT2D eigenvalue weighted by Crippen LogP contribution is 2.36. The van der Waals surface area contributed by atoms with Crippen molar-refractivity contribution in [2.24, 2.45) is 5.92 Å². The quantitative estimate of drug-likeness (QED) is 0.851. The van der Waals surface area contributed by atoms with Gasteiger partial charge in [-0.3, -0.25) is 4.79 Å². The van der Waals surface area contributed by atoms with Gasteiger partial charge in [-0.15, -0.1) is 0 Å². The van der Waals surface area contributed by atoms with Crippen LogP contribution in [0.25, 0.3) is 0 Å². The van der Waals surface area contributed by atoms with Crippen LogP contribution in [0.5, 0.6) is 0 Å². The van der Waals surface area contributed by atoms with Gasteiger partial charge >= 0.3 is 6.18 Å². The van der Waals surface area contributed by atoms with Gasteiger partial charge in [-0.2, -0.15) is 18.4 Å². The largest absolute Gasteiger partial charge is 0.417 e. The van der Waals surface area contributed by atoms with E-state index in [0.717, 1.165) is 12.1 Å². The van der Waals surface area contributed by atoms with Gasteiger partial charge < -0.3 is 10.6 Å². The van der Waals surface area contributed by atoms with E-state index >= 15 is 0 Å². The predicted octanol–water partition coefficient (Wildman–Crippen LogP) is 3.83. The maximum Gasteiger partial charge on any atom is 0.417 e. The molecule has 0 radical (unpaired) electrons. The lowest BCUT2D eigenvalue weighted by molar-refractivity contribution is -0.137.